The zero-order chi connectivity index (χ0) is 10.3. The summed E-state index contributed by atoms with van der Waals surface area (Å²) in [5, 5.41) is 7.94. The minimum absolute atomic E-state index is 0.470. The fourth-order valence-electron chi connectivity index (χ4n) is 2.34. The summed E-state index contributed by atoms with van der Waals surface area (Å²) in [5.74, 6) is 0.470. The molecule has 0 bridgehead atoms. The number of halogens is 1. The van der Waals surface area contributed by atoms with Gasteiger partial charge in [0.25, 0.3) is 0 Å². The van der Waals surface area contributed by atoms with E-state index in [-0.39, 0.29) is 0 Å². The molecule has 0 spiro atoms. The molecule has 1 aliphatic rings. The van der Waals surface area contributed by atoms with Crippen LogP contribution in [0.3, 0.4) is 0 Å². The van der Waals surface area contributed by atoms with Crippen molar-refractivity contribution in [2.24, 2.45) is 0 Å². The van der Waals surface area contributed by atoms with E-state index in [1.807, 2.05) is 24.4 Å². The van der Waals surface area contributed by atoms with Crippen LogP contribution in [0.15, 0.2) is 30.5 Å². The maximum atomic E-state index is 6.00. The van der Waals surface area contributed by atoms with E-state index in [0.717, 1.165) is 17.9 Å². The number of hydrogen-bond donors (Lipinski definition) is 1. The lowest BCUT2D eigenvalue weighted by Gasteiger charge is -2.09. The highest BCUT2D eigenvalue weighted by molar-refractivity contribution is 6.30. The van der Waals surface area contributed by atoms with Gasteiger partial charge in [-0.3, -0.25) is 5.10 Å². The monoisotopic (exact) mass is 218 g/mol. The van der Waals surface area contributed by atoms with Crippen molar-refractivity contribution in [3.05, 3.63) is 52.3 Å². The number of nitrogens with zero attached hydrogens (tertiary/aromatic N) is 1. The second-order valence-corrected chi connectivity index (χ2v) is 4.39. The van der Waals surface area contributed by atoms with Gasteiger partial charge in [0.1, 0.15) is 0 Å². The van der Waals surface area contributed by atoms with Crippen molar-refractivity contribution in [2.75, 3.05) is 0 Å². The van der Waals surface area contributed by atoms with E-state index in [0.29, 0.717) is 5.92 Å². The Balaban J connectivity index is 2.03. The molecule has 3 rings (SSSR count). The normalized spacial score (nSPS) is 19.1. The minimum Gasteiger partial charge on any atom is -0.282 e. The summed E-state index contributed by atoms with van der Waals surface area (Å²) in [6.07, 6.45) is 4.18. The molecule has 1 aromatic heterocycles. The van der Waals surface area contributed by atoms with Crippen molar-refractivity contribution in [1.82, 2.24) is 10.2 Å². The van der Waals surface area contributed by atoms with E-state index >= 15 is 0 Å². The van der Waals surface area contributed by atoms with Crippen molar-refractivity contribution in [3.63, 3.8) is 0 Å². The number of rotatable bonds is 1. The summed E-state index contributed by atoms with van der Waals surface area (Å²) in [6, 6.07) is 8.11. The van der Waals surface area contributed by atoms with Crippen molar-refractivity contribution in [3.8, 4) is 0 Å². The van der Waals surface area contributed by atoms with Crippen LogP contribution in [0, 0.1) is 0 Å². The maximum absolute atomic E-state index is 6.00. The first kappa shape index (κ1) is 8.98. The number of benzene rings is 1. The molecular formula is C12H11ClN2. The van der Waals surface area contributed by atoms with Gasteiger partial charge in [0.15, 0.2) is 0 Å². The molecule has 1 aromatic carbocycles. The van der Waals surface area contributed by atoms with Gasteiger partial charge >= 0.3 is 0 Å². The Morgan fingerprint density at radius 3 is 3.20 bits per heavy atom. The van der Waals surface area contributed by atoms with Crippen LogP contribution in [-0.4, -0.2) is 10.2 Å². The Kier molecular flexibility index (Phi) is 2.03. The highest BCUT2D eigenvalue weighted by Crippen LogP contribution is 2.37. The molecule has 0 fully saturated rings. The molecule has 1 N–H and O–H groups in total. The summed E-state index contributed by atoms with van der Waals surface area (Å²) in [7, 11) is 0. The van der Waals surface area contributed by atoms with E-state index < -0.39 is 0 Å². The van der Waals surface area contributed by atoms with Crippen molar-refractivity contribution < 1.29 is 0 Å². The molecule has 0 radical (unpaired) electrons. The molecule has 15 heavy (non-hydrogen) atoms. The van der Waals surface area contributed by atoms with Crippen LogP contribution in [0.4, 0.5) is 0 Å². The second kappa shape index (κ2) is 3.38. The smallest absolute Gasteiger partial charge is 0.0528 e. The molecule has 76 valence electrons. The molecule has 0 saturated heterocycles. The number of hydrogen-bond acceptors (Lipinski definition) is 1. The standard InChI is InChI=1S/C12H11ClN2/c13-9-3-1-2-8(6-9)10-4-5-12-11(10)7-14-15-12/h1-3,6-7,10H,4-5H2,(H,14,15). The molecule has 2 nitrogen and oxygen atoms in total. The highest BCUT2D eigenvalue weighted by atomic mass is 35.5. The van der Waals surface area contributed by atoms with Gasteiger partial charge in [0, 0.05) is 22.2 Å². The fourth-order valence-corrected chi connectivity index (χ4v) is 2.54. The SMILES string of the molecule is Clc1cccc(C2CCc3[nH]ncc32)c1. The molecule has 3 heteroatoms. The number of aromatic amines is 1. The zero-order valence-corrected chi connectivity index (χ0v) is 8.96. The molecule has 1 heterocycles. The summed E-state index contributed by atoms with van der Waals surface area (Å²) in [4.78, 5) is 0. The lowest BCUT2D eigenvalue weighted by molar-refractivity contribution is 0.770. The molecule has 0 saturated carbocycles. The quantitative estimate of drug-likeness (QED) is 0.783. The van der Waals surface area contributed by atoms with E-state index in [1.54, 1.807) is 0 Å². The number of fused-ring (bicyclic) bond motifs is 1. The Bertz CT molecular complexity index is 490. The van der Waals surface area contributed by atoms with Crippen molar-refractivity contribution >= 4 is 11.6 Å². The van der Waals surface area contributed by atoms with Crippen LogP contribution in [-0.2, 0) is 6.42 Å². The van der Waals surface area contributed by atoms with Crippen LogP contribution in [0.5, 0.6) is 0 Å². The molecule has 1 aliphatic carbocycles. The Morgan fingerprint density at radius 1 is 1.40 bits per heavy atom. The molecule has 0 aliphatic heterocycles. The fraction of sp³-hybridized carbons (Fsp3) is 0.250. The molecule has 1 unspecified atom stereocenters. The minimum atomic E-state index is 0.470. The first-order valence-corrected chi connectivity index (χ1v) is 5.50. The highest BCUT2D eigenvalue weighted by Gasteiger charge is 2.25. The molecule has 1 atom stereocenters. The number of aromatic nitrogens is 2. The van der Waals surface area contributed by atoms with Gasteiger partial charge in [-0.05, 0) is 30.5 Å². The Labute approximate surface area is 93.3 Å². The summed E-state index contributed by atoms with van der Waals surface area (Å²) >= 11 is 6.00. The average Bonchev–Trinajstić information content (AvgIpc) is 2.77. The van der Waals surface area contributed by atoms with Gasteiger partial charge in [0.05, 0.1) is 6.20 Å². The Morgan fingerprint density at radius 2 is 2.33 bits per heavy atom. The number of H-pyrrole nitrogens is 1. The topological polar surface area (TPSA) is 28.7 Å². The number of nitrogens with one attached hydrogen (secondary N) is 1. The van der Waals surface area contributed by atoms with Gasteiger partial charge in [-0.2, -0.15) is 5.10 Å². The Hall–Kier alpha value is -1.28. The lowest BCUT2D eigenvalue weighted by Crippen LogP contribution is -1.94. The van der Waals surface area contributed by atoms with Gasteiger partial charge in [0.2, 0.25) is 0 Å². The van der Waals surface area contributed by atoms with Crippen LogP contribution in [0.25, 0.3) is 0 Å². The van der Waals surface area contributed by atoms with Crippen LogP contribution in [0.1, 0.15) is 29.2 Å². The molecular weight excluding hydrogens is 208 g/mol. The van der Waals surface area contributed by atoms with E-state index in [4.69, 9.17) is 11.6 Å². The van der Waals surface area contributed by atoms with Gasteiger partial charge in [-0.15, -0.1) is 0 Å². The van der Waals surface area contributed by atoms with Gasteiger partial charge in [-0.25, -0.2) is 0 Å². The predicted octanol–water partition coefficient (Wildman–Crippen LogP) is 3.14. The maximum Gasteiger partial charge on any atom is 0.0528 e. The largest absolute Gasteiger partial charge is 0.282 e. The van der Waals surface area contributed by atoms with Gasteiger partial charge < -0.3 is 0 Å². The number of aryl methyl sites for hydroxylation is 1. The van der Waals surface area contributed by atoms with Crippen molar-refractivity contribution in [2.45, 2.75) is 18.8 Å². The van der Waals surface area contributed by atoms with Crippen LogP contribution in [0.2, 0.25) is 5.02 Å². The first-order valence-electron chi connectivity index (χ1n) is 5.12. The third kappa shape index (κ3) is 1.45. The summed E-state index contributed by atoms with van der Waals surface area (Å²) in [6.45, 7) is 0. The van der Waals surface area contributed by atoms with Crippen LogP contribution >= 0.6 is 11.6 Å². The van der Waals surface area contributed by atoms with Crippen molar-refractivity contribution in [1.29, 1.82) is 0 Å². The van der Waals surface area contributed by atoms with E-state index in [1.165, 1.54) is 16.8 Å². The summed E-state index contributed by atoms with van der Waals surface area (Å²) < 4.78 is 0. The predicted molar refractivity (Wildman–Crippen MR) is 60.2 cm³/mol. The lowest BCUT2D eigenvalue weighted by atomic mass is 9.95. The molecule has 0 amide bonds. The first-order chi connectivity index (χ1) is 7.34. The second-order valence-electron chi connectivity index (χ2n) is 3.95. The summed E-state index contributed by atoms with van der Waals surface area (Å²) in [5.41, 5.74) is 3.90. The van der Waals surface area contributed by atoms with E-state index in [9.17, 15) is 0 Å². The van der Waals surface area contributed by atoms with Gasteiger partial charge in [-0.1, -0.05) is 23.7 Å². The van der Waals surface area contributed by atoms with E-state index in [2.05, 4.69) is 16.3 Å². The third-order valence-corrected chi connectivity index (χ3v) is 3.30. The van der Waals surface area contributed by atoms with Crippen LogP contribution < -0.4 is 0 Å². The average molecular weight is 219 g/mol. The molecule has 2 aromatic rings. The zero-order valence-electron chi connectivity index (χ0n) is 8.20. The third-order valence-electron chi connectivity index (χ3n) is 3.06.